The average molecular weight is 336 g/mol. The maximum Gasteiger partial charge on any atom is 0.264 e. The summed E-state index contributed by atoms with van der Waals surface area (Å²) in [6, 6.07) is 9.77. The number of carbonyl (C=O) groups is 1. The van der Waals surface area contributed by atoms with E-state index in [1.807, 2.05) is 54.9 Å². The fraction of sp³-hybridized carbons (Fsp3) is 0.316. The van der Waals surface area contributed by atoms with Gasteiger partial charge in [0.2, 0.25) is 11.8 Å². The van der Waals surface area contributed by atoms with Gasteiger partial charge in [-0.1, -0.05) is 12.1 Å². The van der Waals surface area contributed by atoms with E-state index in [-0.39, 0.29) is 12.5 Å². The van der Waals surface area contributed by atoms with Gasteiger partial charge in [-0.3, -0.25) is 4.79 Å². The summed E-state index contributed by atoms with van der Waals surface area (Å²) >= 11 is 0. The maximum atomic E-state index is 12.5. The standard InChI is InChI=1S/C19H20N4O2/c1-12-5-6-13(2)15(10-12)20-17(24)11-23-9-3-4-16(23)19-22-21-18(25-19)14-7-8-14/h3-6,9-10,14H,7-8,11H2,1-2H3,(H,20,24). The lowest BCUT2D eigenvalue weighted by atomic mass is 10.1. The molecule has 1 N–H and O–H groups in total. The van der Waals surface area contributed by atoms with E-state index >= 15 is 0 Å². The van der Waals surface area contributed by atoms with Gasteiger partial charge in [0.05, 0.1) is 0 Å². The van der Waals surface area contributed by atoms with Crippen LogP contribution >= 0.6 is 0 Å². The molecule has 6 nitrogen and oxygen atoms in total. The number of nitrogens with one attached hydrogen (secondary N) is 1. The van der Waals surface area contributed by atoms with Crippen LogP contribution in [-0.4, -0.2) is 20.7 Å². The van der Waals surface area contributed by atoms with Crippen LogP contribution in [0.25, 0.3) is 11.6 Å². The van der Waals surface area contributed by atoms with Crippen LogP contribution in [0, 0.1) is 13.8 Å². The van der Waals surface area contributed by atoms with Gasteiger partial charge in [-0.15, -0.1) is 10.2 Å². The number of nitrogens with zero attached hydrogens (tertiary/aromatic N) is 3. The van der Waals surface area contributed by atoms with Crippen LogP contribution in [0.1, 0.15) is 35.8 Å². The molecule has 2 heterocycles. The van der Waals surface area contributed by atoms with Crippen LogP contribution < -0.4 is 5.32 Å². The number of anilines is 1. The summed E-state index contributed by atoms with van der Waals surface area (Å²) in [5.41, 5.74) is 3.75. The van der Waals surface area contributed by atoms with E-state index in [0.29, 0.717) is 17.7 Å². The normalized spacial score (nSPS) is 13.8. The van der Waals surface area contributed by atoms with E-state index in [1.165, 1.54) is 0 Å². The molecule has 4 rings (SSSR count). The van der Waals surface area contributed by atoms with E-state index in [9.17, 15) is 4.79 Å². The van der Waals surface area contributed by atoms with E-state index in [2.05, 4.69) is 15.5 Å². The quantitative estimate of drug-likeness (QED) is 0.771. The van der Waals surface area contributed by atoms with Crippen LogP contribution in [0.4, 0.5) is 5.69 Å². The molecule has 1 aliphatic carbocycles. The van der Waals surface area contributed by atoms with Crippen molar-refractivity contribution in [3.8, 4) is 11.6 Å². The predicted octanol–water partition coefficient (Wildman–Crippen LogP) is 3.67. The molecule has 2 aromatic heterocycles. The zero-order valence-electron chi connectivity index (χ0n) is 14.3. The number of rotatable bonds is 5. The number of aryl methyl sites for hydroxylation is 2. The Morgan fingerprint density at radius 3 is 2.92 bits per heavy atom. The van der Waals surface area contributed by atoms with E-state index < -0.39 is 0 Å². The highest BCUT2D eigenvalue weighted by Gasteiger charge is 2.30. The second-order valence-corrected chi connectivity index (χ2v) is 6.61. The molecule has 1 aromatic carbocycles. The van der Waals surface area contributed by atoms with Gasteiger partial charge >= 0.3 is 0 Å². The lowest BCUT2D eigenvalue weighted by Gasteiger charge is -2.11. The molecule has 128 valence electrons. The van der Waals surface area contributed by atoms with Crippen LogP contribution in [0.5, 0.6) is 0 Å². The van der Waals surface area contributed by atoms with Gasteiger partial charge in [0.15, 0.2) is 0 Å². The summed E-state index contributed by atoms with van der Waals surface area (Å²) in [6.07, 6.45) is 4.07. The second kappa shape index (κ2) is 6.20. The molecule has 0 atom stereocenters. The Bertz CT molecular complexity index is 921. The lowest BCUT2D eigenvalue weighted by Crippen LogP contribution is -2.19. The Labute approximate surface area is 145 Å². The van der Waals surface area contributed by atoms with E-state index in [0.717, 1.165) is 35.3 Å². The Hall–Kier alpha value is -2.89. The maximum absolute atomic E-state index is 12.5. The van der Waals surface area contributed by atoms with Gasteiger partial charge in [0, 0.05) is 17.8 Å². The summed E-state index contributed by atoms with van der Waals surface area (Å²) < 4.78 is 7.58. The fourth-order valence-electron chi connectivity index (χ4n) is 2.79. The van der Waals surface area contributed by atoms with Crippen LogP contribution in [0.15, 0.2) is 40.9 Å². The van der Waals surface area contributed by atoms with Gasteiger partial charge in [0.1, 0.15) is 12.2 Å². The van der Waals surface area contributed by atoms with Crippen molar-refractivity contribution in [3.63, 3.8) is 0 Å². The molecular formula is C19H20N4O2. The number of benzene rings is 1. The molecule has 6 heteroatoms. The van der Waals surface area contributed by atoms with Crippen molar-refractivity contribution in [2.75, 3.05) is 5.32 Å². The Balaban J connectivity index is 1.50. The van der Waals surface area contributed by atoms with Crippen LogP contribution in [0.2, 0.25) is 0 Å². The van der Waals surface area contributed by atoms with E-state index in [1.54, 1.807) is 0 Å². The monoisotopic (exact) mass is 336 g/mol. The number of hydrogen-bond acceptors (Lipinski definition) is 4. The zero-order chi connectivity index (χ0) is 17.4. The SMILES string of the molecule is Cc1ccc(C)c(NC(=O)Cn2cccc2-c2nnc(C3CC3)o2)c1. The molecule has 1 fully saturated rings. The summed E-state index contributed by atoms with van der Waals surface area (Å²) in [6.45, 7) is 4.18. The molecule has 0 saturated heterocycles. The predicted molar refractivity (Wildman–Crippen MR) is 94.2 cm³/mol. The van der Waals surface area contributed by atoms with Crippen LogP contribution in [0.3, 0.4) is 0 Å². The van der Waals surface area contributed by atoms with Crippen molar-refractivity contribution >= 4 is 11.6 Å². The summed E-state index contributed by atoms with van der Waals surface area (Å²) in [5, 5.41) is 11.2. The molecular weight excluding hydrogens is 316 g/mol. The first-order valence-electron chi connectivity index (χ1n) is 8.46. The Kier molecular flexibility index (Phi) is 3.87. The Morgan fingerprint density at radius 1 is 1.28 bits per heavy atom. The van der Waals surface area contributed by atoms with Gasteiger partial charge in [-0.05, 0) is 56.0 Å². The molecule has 25 heavy (non-hydrogen) atoms. The fourth-order valence-corrected chi connectivity index (χ4v) is 2.79. The number of hydrogen-bond donors (Lipinski definition) is 1. The third kappa shape index (κ3) is 3.33. The van der Waals surface area contributed by atoms with Crippen molar-refractivity contribution in [2.45, 2.75) is 39.2 Å². The molecule has 0 bridgehead atoms. The van der Waals surface area contributed by atoms with Crippen molar-refractivity contribution in [3.05, 3.63) is 53.5 Å². The highest BCUT2D eigenvalue weighted by atomic mass is 16.4. The first kappa shape index (κ1) is 15.6. The van der Waals surface area contributed by atoms with Crippen molar-refractivity contribution in [2.24, 2.45) is 0 Å². The molecule has 0 radical (unpaired) electrons. The molecule has 1 aliphatic rings. The zero-order valence-corrected chi connectivity index (χ0v) is 14.3. The minimum Gasteiger partial charge on any atom is -0.419 e. The molecule has 1 saturated carbocycles. The molecule has 0 aliphatic heterocycles. The topological polar surface area (TPSA) is 73.0 Å². The summed E-state index contributed by atoms with van der Waals surface area (Å²) in [7, 11) is 0. The lowest BCUT2D eigenvalue weighted by molar-refractivity contribution is -0.116. The average Bonchev–Trinajstić information content (AvgIpc) is 3.13. The van der Waals surface area contributed by atoms with Gasteiger partial charge in [0.25, 0.3) is 5.89 Å². The largest absolute Gasteiger partial charge is 0.419 e. The first-order valence-corrected chi connectivity index (χ1v) is 8.46. The van der Waals surface area contributed by atoms with Gasteiger partial charge < -0.3 is 14.3 Å². The first-order chi connectivity index (χ1) is 12.1. The second-order valence-electron chi connectivity index (χ2n) is 6.61. The molecule has 3 aromatic rings. The van der Waals surface area contributed by atoms with Crippen molar-refractivity contribution in [1.82, 2.24) is 14.8 Å². The highest BCUT2D eigenvalue weighted by molar-refractivity contribution is 5.91. The third-order valence-electron chi connectivity index (χ3n) is 4.40. The smallest absolute Gasteiger partial charge is 0.264 e. The number of aromatic nitrogens is 3. The molecule has 0 spiro atoms. The van der Waals surface area contributed by atoms with Crippen molar-refractivity contribution in [1.29, 1.82) is 0 Å². The summed E-state index contributed by atoms with van der Waals surface area (Å²) in [4.78, 5) is 12.5. The minimum absolute atomic E-state index is 0.0897. The Morgan fingerprint density at radius 2 is 2.12 bits per heavy atom. The number of carbonyl (C=O) groups excluding carboxylic acids is 1. The third-order valence-corrected chi connectivity index (χ3v) is 4.40. The van der Waals surface area contributed by atoms with Gasteiger partial charge in [-0.25, -0.2) is 0 Å². The molecule has 0 unspecified atom stereocenters. The highest BCUT2D eigenvalue weighted by Crippen LogP contribution is 2.39. The number of amides is 1. The van der Waals surface area contributed by atoms with Crippen molar-refractivity contribution < 1.29 is 9.21 Å². The minimum atomic E-state index is -0.0897. The summed E-state index contributed by atoms with van der Waals surface area (Å²) in [5.74, 6) is 1.49. The van der Waals surface area contributed by atoms with Crippen LogP contribution in [-0.2, 0) is 11.3 Å². The van der Waals surface area contributed by atoms with Gasteiger partial charge in [-0.2, -0.15) is 0 Å². The van der Waals surface area contributed by atoms with E-state index in [4.69, 9.17) is 4.42 Å². The molecule has 1 amide bonds.